The molecule has 1 atom stereocenters. The summed E-state index contributed by atoms with van der Waals surface area (Å²) in [6.45, 7) is 5.64. The van der Waals surface area contributed by atoms with Crippen LogP contribution in [0.2, 0.25) is 0 Å². The van der Waals surface area contributed by atoms with Crippen LogP contribution in [0.3, 0.4) is 0 Å². The smallest absolute Gasteiger partial charge is 0.233 e. The number of carbonyl (C=O) groups excluding carboxylic acids is 1. The summed E-state index contributed by atoms with van der Waals surface area (Å²) in [5.74, 6) is 1.31. The molecule has 0 aliphatic carbocycles. The minimum atomic E-state index is 0.156. The van der Waals surface area contributed by atoms with E-state index in [0.29, 0.717) is 34.9 Å². The van der Waals surface area contributed by atoms with E-state index in [1.54, 1.807) is 6.07 Å². The van der Waals surface area contributed by atoms with Crippen LogP contribution in [0.1, 0.15) is 33.1 Å². The van der Waals surface area contributed by atoms with E-state index in [1.807, 2.05) is 46.7 Å². The number of amides is 1. The Hall–Kier alpha value is -2.54. The molecule has 0 spiro atoms. The van der Waals surface area contributed by atoms with Crippen LogP contribution >= 0.6 is 11.8 Å². The van der Waals surface area contributed by atoms with Gasteiger partial charge in [-0.1, -0.05) is 36.0 Å². The number of carbonyl (C=O) groups is 1. The highest BCUT2D eigenvalue weighted by Crippen LogP contribution is 2.34. The molecule has 4 rings (SSSR count). The van der Waals surface area contributed by atoms with Crippen molar-refractivity contribution in [2.75, 3.05) is 12.3 Å². The Labute approximate surface area is 174 Å². The van der Waals surface area contributed by atoms with Gasteiger partial charge in [0, 0.05) is 19.1 Å². The number of phenols is 1. The van der Waals surface area contributed by atoms with E-state index in [2.05, 4.69) is 17.1 Å². The molecule has 7 heteroatoms. The summed E-state index contributed by atoms with van der Waals surface area (Å²) >= 11 is 1.42. The molecule has 29 heavy (non-hydrogen) atoms. The molecule has 1 fully saturated rings. The lowest BCUT2D eigenvalue weighted by atomic mass is 10.0. The van der Waals surface area contributed by atoms with E-state index in [4.69, 9.17) is 0 Å². The number of nitrogens with zero attached hydrogens (tertiary/aromatic N) is 4. The molecule has 3 aromatic rings. The largest absolute Gasteiger partial charge is 0.507 e. The predicted molar refractivity (Wildman–Crippen MR) is 116 cm³/mol. The Kier molecular flexibility index (Phi) is 5.76. The minimum Gasteiger partial charge on any atom is -0.507 e. The zero-order valence-corrected chi connectivity index (χ0v) is 17.7. The molecule has 6 nitrogen and oxygen atoms in total. The van der Waals surface area contributed by atoms with Gasteiger partial charge in [-0.2, -0.15) is 0 Å². The molecule has 1 N–H and O–H groups in total. The number of aromatic hydroxyl groups is 1. The molecule has 0 bridgehead atoms. The van der Waals surface area contributed by atoms with Crippen LogP contribution in [0.25, 0.3) is 22.2 Å². The average Bonchev–Trinajstić information content (AvgIpc) is 3.14. The molecular weight excluding hydrogens is 384 g/mol. The van der Waals surface area contributed by atoms with Crippen molar-refractivity contribution >= 4 is 28.4 Å². The van der Waals surface area contributed by atoms with Gasteiger partial charge in [0.15, 0.2) is 11.0 Å². The summed E-state index contributed by atoms with van der Waals surface area (Å²) in [5, 5.41) is 21.9. The van der Waals surface area contributed by atoms with Gasteiger partial charge in [-0.15, -0.1) is 10.2 Å². The van der Waals surface area contributed by atoms with Gasteiger partial charge in [0.2, 0.25) is 5.91 Å². The maximum absolute atomic E-state index is 12.7. The van der Waals surface area contributed by atoms with E-state index in [9.17, 15) is 9.90 Å². The van der Waals surface area contributed by atoms with Gasteiger partial charge < -0.3 is 14.6 Å². The first-order valence-electron chi connectivity index (χ1n) is 10.2. The van der Waals surface area contributed by atoms with Crippen LogP contribution in [0.5, 0.6) is 5.75 Å². The fraction of sp³-hybridized carbons (Fsp3) is 0.409. The Bertz CT molecular complexity index is 1030. The van der Waals surface area contributed by atoms with Gasteiger partial charge in [-0.25, -0.2) is 0 Å². The fourth-order valence-electron chi connectivity index (χ4n) is 3.96. The zero-order chi connectivity index (χ0) is 20.4. The lowest BCUT2D eigenvalue weighted by molar-refractivity contribution is -0.131. The van der Waals surface area contributed by atoms with Gasteiger partial charge >= 0.3 is 0 Å². The van der Waals surface area contributed by atoms with E-state index >= 15 is 0 Å². The third kappa shape index (κ3) is 3.96. The molecule has 0 radical (unpaired) electrons. The Balaban J connectivity index is 1.57. The second-order valence-electron chi connectivity index (χ2n) is 7.49. The lowest BCUT2D eigenvalue weighted by Gasteiger charge is -2.33. The second kappa shape index (κ2) is 8.45. The molecule has 152 valence electrons. The summed E-state index contributed by atoms with van der Waals surface area (Å²) < 4.78 is 1.96. The minimum absolute atomic E-state index is 0.156. The highest BCUT2D eigenvalue weighted by Gasteiger charge is 2.24. The predicted octanol–water partition coefficient (Wildman–Crippen LogP) is 4.32. The molecule has 1 saturated heterocycles. The molecule has 2 aromatic carbocycles. The average molecular weight is 411 g/mol. The second-order valence-corrected chi connectivity index (χ2v) is 8.43. The van der Waals surface area contributed by atoms with Crippen LogP contribution < -0.4 is 0 Å². The van der Waals surface area contributed by atoms with Crippen LogP contribution in [0, 0.1) is 0 Å². The van der Waals surface area contributed by atoms with Crippen LogP contribution in [0.4, 0.5) is 0 Å². The van der Waals surface area contributed by atoms with Crippen LogP contribution in [0.15, 0.2) is 41.6 Å². The maximum atomic E-state index is 12.7. The number of benzene rings is 2. The summed E-state index contributed by atoms with van der Waals surface area (Å²) in [6.07, 6.45) is 3.35. The standard InChI is InChI=1S/C22H26N4O2S/c1-3-25-21(18-12-16-9-4-5-10-17(16)13-19(18)27)23-24-22(25)29-14-20(28)26-11-7-6-8-15(26)2/h4-5,9-10,12-13,15,27H,3,6-8,11,14H2,1-2H3. The third-order valence-corrected chi connectivity index (χ3v) is 6.54. The van der Waals surface area contributed by atoms with E-state index in [0.717, 1.165) is 30.2 Å². The van der Waals surface area contributed by atoms with E-state index in [-0.39, 0.29) is 11.7 Å². The van der Waals surface area contributed by atoms with Crippen molar-refractivity contribution in [2.45, 2.75) is 50.9 Å². The topological polar surface area (TPSA) is 71.2 Å². The summed E-state index contributed by atoms with van der Waals surface area (Å²) in [5.41, 5.74) is 0.654. The van der Waals surface area contributed by atoms with Gasteiger partial charge in [0.25, 0.3) is 0 Å². The number of aromatic nitrogens is 3. The molecule has 1 aromatic heterocycles. The highest BCUT2D eigenvalue weighted by molar-refractivity contribution is 7.99. The van der Waals surface area contributed by atoms with Crippen molar-refractivity contribution < 1.29 is 9.90 Å². The van der Waals surface area contributed by atoms with E-state index < -0.39 is 0 Å². The molecule has 1 amide bonds. The van der Waals surface area contributed by atoms with Crippen molar-refractivity contribution in [2.24, 2.45) is 0 Å². The molecule has 1 aliphatic heterocycles. The molecule has 1 aliphatic rings. The van der Waals surface area contributed by atoms with Crippen molar-refractivity contribution in [1.29, 1.82) is 0 Å². The maximum Gasteiger partial charge on any atom is 0.233 e. The fourth-order valence-corrected chi connectivity index (χ4v) is 4.85. The number of likely N-dealkylation sites (tertiary alicyclic amines) is 1. The lowest BCUT2D eigenvalue weighted by Crippen LogP contribution is -2.43. The van der Waals surface area contributed by atoms with Gasteiger partial charge in [-0.05, 0) is 56.0 Å². The molecule has 0 saturated carbocycles. The monoisotopic (exact) mass is 410 g/mol. The third-order valence-electron chi connectivity index (χ3n) is 5.59. The van der Waals surface area contributed by atoms with Gasteiger partial charge in [0.1, 0.15) is 5.75 Å². The van der Waals surface area contributed by atoms with Crippen LogP contribution in [-0.2, 0) is 11.3 Å². The first-order valence-corrected chi connectivity index (χ1v) is 11.1. The quantitative estimate of drug-likeness (QED) is 0.635. The highest BCUT2D eigenvalue weighted by atomic mass is 32.2. The zero-order valence-electron chi connectivity index (χ0n) is 16.8. The number of hydrogen-bond donors (Lipinski definition) is 1. The van der Waals surface area contributed by atoms with Crippen LogP contribution in [-0.4, -0.2) is 49.0 Å². The number of thioether (sulfide) groups is 1. The molecule has 2 heterocycles. The molecular formula is C22H26N4O2S. The Morgan fingerprint density at radius 3 is 2.69 bits per heavy atom. The van der Waals surface area contributed by atoms with Gasteiger partial charge in [-0.3, -0.25) is 4.79 Å². The summed E-state index contributed by atoms with van der Waals surface area (Å²) in [4.78, 5) is 14.7. The number of fused-ring (bicyclic) bond motifs is 1. The van der Waals surface area contributed by atoms with Crippen molar-refractivity contribution in [1.82, 2.24) is 19.7 Å². The first kappa shape index (κ1) is 19.8. The SMILES string of the molecule is CCn1c(SCC(=O)N2CCCCC2C)nnc1-c1cc2ccccc2cc1O. The van der Waals surface area contributed by atoms with Gasteiger partial charge in [0.05, 0.1) is 11.3 Å². The number of rotatable bonds is 5. The van der Waals surface area contributed by atoms with Crippen molar-refractivity contribution in [3.05, 3.63) is 36.4 Å². The summed E-state index contributed by atoms with van der Waals surface area (Å²) in [7, 11) is 0. The summed E-state index contributed by atoms with van der Waals surface area (Å²) in [6, 6.07) is 11.9. The van der Waals surface area contributed by atoms with Crippen molar-refractivity contribution in [3.8, 4) is 17.1 Å². The number of phenolic OH excluding ortho intramolecular Hbond substituents is 1. The normalized spacial score (nSPS) is 17.0. The van der Waals surface area contributed by atoms with E-state index in [1.165, 1.54) is 18.2 Å². The Morgan fingerprint density at radius 1 is 1.21 bits per heavy atom. The van der Waals surface area contributed by atoms with Crippen molar-refractivity contribution in [3.63, 3.8) is 0 Å². The number of hydrogen-bond acceptors (Lipinski definition) is 5. The first-order chi connectivity index (χ1) is 14.1. The Morgan fingerprint density at radius 2 is 1.97 bits per heavy atom. The molecule has 1 unspecified atom stereocenters. The number of piperidine rings is 1.